The number of aryl methyl sites for hydroxylation is 2. The summed E-state index contributed by atoms with van der Waals surface area (Å²) >= 11 is 1.49. The zero-order valence-electron chi connectivity index (χ0n) is 17.8. The van der Waals surface area contributed by atoms with Crippen molar-refractivity contribution in [3.8, 4) is 5.69 Å². The molecule has 0 bridgehead atoms. The Morgan fingerprint density at radius 3 is 2.88 bits per heavy atom. The fourth-order valence-electron chi connectivity index (χ4n) is 3.81. The molecule has 4 heterocycles. The summed E-state index contributed by atoms with van der Waals surface area (Å²) in [6.45, 7) is 4.46. The predicted molar refractivity (Wildman–Crippen MR) is 123 cm³/mol. The van der Waals surface area contributed by atoms with Crippen molar-refractivity contribution in [2.45, 2.75) is 38.0 Å². The number of hydrogen-bond donors (Lipinski definition) is 1. The van der Waals surface area contributed by atoms with E-state index in [9.17, 15) is 9.59 Å². The third kappa shape index (κ3) is 3.69. The van der Waals surface area contributed by atoms with E-state index in [0.717, 1.165) is 16.9 Å². The number of fused-ring (bicyclic) bond motifs is 2. The lowest BCUT2D eigenvalue weighted by Gasteiger charge is -2.13. The second-order valence-electron chi connectivity index (χ2n) is 7.90. The smallest absolute Gasteiger partial charge is 0.265 e. The van der Waals surface area contributed by atoms with E-state index < -0.39 is 0 Å². The highest BCUT2D eigenvalue weighted by Gasteiger charge is 2.29. The minimum atomic E-state index is -0.242. The maximum Gasteiger partial charge on any atom is 0.265 e. The molecule has 1 atom stereocenters. The van der Waals surface area contributed by atoms with Gasteiger partial charge in [0.25, 0.3) is 5.56 Å². The van der Waals surface area contributed by atoms with E-state index in [0.29, 0.717) is 28.5 Å². The van der Waals surface area contributed by atoms with E-state index in [2.05, 4.69) is 22.3 Å². The Bertz CT molecular complexity index is 1380. The van der Waals surface area contributed by atoms with Crippen molar-refractivity contribution >= 4 is 28.7 Å². The van der Waals surface area contributed by atoms with Gasteiger partial charge < -0.3 is 5.32 Å². The molecule has 1 aromatic carbocycles. The highest BCUT2D eigenvalue weighted by Crippen LogP contribution is 2.33. The molecule has 32 heavy (non-hydrogen) atoms. The first-order valence-corrected chi connectivity index (χ1v) is 11.4. The molecule has 1 N–H and O–H groups in total. The molecule has 0 saturated heterocycles. The van der Waals surface area contributed by atoms with Gasteiger partial charge in [-0.1, -0.05) is 23.9 Å². The van der Waals surface area contributed by atoms with Crippen LogP contribution in [0.15, 0.2) is 58.7 Å². The van der Waals surface area contributed by atoms with E-state index in [1.165, 1.54) is 17.3 Å². The monoisotopic (exact) mass is 446 g/mol. The lowest BCUT2D eigenvalue weighted by atomic mass is 10.1. The van der Waals surface area contributed by atoms with Gasteiger partial charge in [0.2, 0.25) is 5.91 Å². The van der Waals surface area contributed by atoms with Crippen molar-refractivity contribution < 1.29 is 4.79 Å². The van der Waals surface area contributed by atoms with Crippen LogP contribution in [0, 0.1) is 13.8 Å². The van der Waals surface area contributed by atoms with Gasteiger partial charge in [0.15, 0.2) is 10.8 Å². The van der Waals surface area contributed by atoms with E-state index in [4.69, 9.17) is 4.98 Å². The summed E-state index contributed by atoms with van der Waals surface area (Å²) in [4.78, 5) is 34.7. The van der Waals surface area contributed by atoms with Crippen molar-refractivity contribution in [3.05, 3.63) is 76.0 Å². The van der Waals surface area contributed by atoms with Crippen molar-refractivity contribution in [1.82, 2.24) is 29.6 Å². The summed E-state index contributed by atoms with van der Waals surface area (Å²) < 4.78 is 3.34. The first-order valence-electron chi connectivity index (χ1n) is 10.4. The molecule has 0 fully saturated rings. The fraction of sp³-hybridized carbons (Fsp3) is 0.261. The van der Waals surface area contributed by atoms with Crippen LogP contribution in [0.5, 0.6) is 0 Å². The zero-order valence-corrected chi connectivity index (χ0v) is 18.6. The van der Waals surface area contributed by atoms with Crippen LogP contribution in [-0.4, -0.2) is 36.0 Å². The lowest BCUT2D eigenvalue weighted by molar-refractivity contribution is -0.121. The van der Waals surface area contributed by atoms with Crippen LogP contribution in [-0.2, 0) is 11.3 Å². The van der Waals surface area contributed by atoms with E-state index in [-0.39, 0.29) is 23.9 Å². The van der Waals surface area contributed by atoms with Gasteiger partial charge in [-0.15, -0.1) is 0 Å². The normalized spacial score (nSPS) is 15.1. The fourth-order valence-corrected chi connectivity index (χ4v) is 4.94. The molecule has 5 rings (SSSR count). The first kappa shape index (κ1) is 20.4. The van der Waals surface area contributed by atoms with Crippen molar-refractivity contribution in [2.75, 3.05) is 5.75 Å². The third-order valence-corrected chi connectivity index (χ3v) is 6.82. The molecule has 162 valence electrons. The molecule has 1 aliphatic heterocycles. The zero-order chi connectivity index (χ0) is 22.2. The standard InChI is InChI=1S/C23H22N6O2S/c1-14-6-7-17(9-15(14)2)29-21-19(12-26-29)22(31)28-18(13-32-23(28)27-21)10-20(30)25-11-16-5-3-4-8-24-16/h3-9,12,18H,10-11,13H2,1-2H3,(H,25,30). The second-order valence-corrected chi connectivity index (χ2v) is 8.89. The second kappa shape index (κ2) is 8.23. The molecule has 1 aliphatic rings. The van der Waals surface area contributed by atoms with Crippen molar-refractivity contribution in [1.29, 1.82) is 0 Å². The Labute approximate surface area is 188 Å². The number of carbonyl (C=O) groups is 1. The number of nitrogens with zero attached hydrogens (tertiary/aromatic N) is 5. The van der Waals surface area contributed by atoms with Crippen molar-refractivity contribution in [2.24, 2.45) is 0 Å². The number of benzene rings is 1. The molecular weight excluding hydrogens is 424 g/mol. The van der Waals surface area contributed by atoms with Gasteiger partial charge in [0.05, 0.1) is 30.2 Å². The average molecular weight is 447 g/mol. The SMILES string of the molecule is Cc1ccc(-n2ncc3c(=O)n4c(nc32)SCC4CC(=O)NCc2ccccn2)cc1C. The Balaban J connectivity index is 1.41. The van der Waals surface area contributed by atoms with Gasteiger partial charge in [-0.2, -0.15) is 5.10 Å². The van der Waals surface area contributed by atoms with Crippen LogP contribution in [0.25, 0.3) is 16.7 Å². The Hall–Kier alpha value is -3.46. The Morgan fingerprint density at radius 2 is 2.09 bits per heavy atom. The number of pyridine rings is 1. The highest BCUT2D eigenvalue weighted by molar-refractivity contribution is 7.99. The predicted octanol–water partition coefficient (Wildman–Crippen LogP) is 2.95. The maximum absolute atomic E-state index is 13.3. The lowest BCUT2D eigenvalue weighted by Crippen LogP contribution is -2.30. The minimum Gasteiger partial charge on any atom is -0.350 e. The number of thioether (sulfide) groups is 1. The van der Waals surface area contributed by atoms with Crippen LogP contribution >= 0.6 is 11.8 Å². The quantitative estimate of drug-likeness (QED) is 0.474. The van der Waals surface area contributed by atoms with Gasteiger partial charge in [-0.05, 0) is 49.2 Å². The summed E-state index contributed by atoms with van der Waals surface area (Å²) in [5, 5.41) is 8.39. The minimum absolute atomic E-state index is 0.119. The van der Waals surface area contributed by atoms with Gasteiger partial charge in [-0.3, -0.25) is 19.1 Å². The number of hydrogen-bond acceptors (Lipinski definition) is 6. The van der Waals surface area contributed by atoms with Crippen LogP contribution in [0.2, 0.25) is 0 Å². The highest BCUT2D eigenvalue weighted by atomic mass is 32.2. The van der Waals surface area contributed by atoms with E-state index >= 15 is 0 Å². The average Bonchev–Trinajstić information content (AvgIpc) is 3.40. The molecule has 3 aromatic heterocycles. The molecular formula is C23H22N6O2S. The largest absolute Gasteiger partial charge is 0.350 e. The summed E-state index contributed by atoms with van der Waals surface area (Å²) in [7, 11) is 0. The summed E-state index contributed by atoms with van der Waals surface area (Å²) in [5.74, 6) is 0.509. The van der Waals surface area contributed by atoms with Crippen LogP contribution in [0.3, 0.4) is 0 Å². The molecule has 1 amide bonds. The van der Waals surface area contributed by atoms with Gasteiger partial charge in [0, 0.05) is 18.4 Å². The molecule has 9 heteroatoms. The van der Waals surface area contributed by atoms with Crippen LogP contribution in [0.1, 0.15) is 29.3 Å². The first-order chi connectivity index (χ1) is 15.5. The van der Waals surface area contributed by atoms with Gasteiger partial charge >= 0.3 is 0 Å². The summed E-state index contributed by atoms with van der Waals surface area (Å²) in [5.41, 5.74) is 4.38. The van der Waals surface area contributed by atoms with Crippen molar-refractivity contribution in [3.63, 3.8) is 0 Å². The number of carbonyl (C=O) groups excluding carboxylic acids is 1. The molecule has 0 saturated carbocycles. The molecule has 0 spiro atoms. The molecule has 0 radical (unpaired) electrons. The van der Waals surface area contributed by atoms with Crippen LogP contribution < -0.4 is 10.9 Å². The number of aromatic nitrogens is 5. The Kier molecular flexibility index (Phi) is 5.26. The molecule has 1 unspecified atom stereocenters. The summed E-state index contributed by atoms with van der Waals surface area (Å²) in [6.07, 6.45) is 3.47. The number of rotatable bonds is 5. The van der Waals surface area contributed by atoms with Crippen LogP contribution in [0.4, 0.5) is 0 Å². The number of amides is 1. The van der Waals surface area contributed by atoms with Gasteiger partial charge in [-0.25, -0.2) is 9.67 Å². The molecule has 0 aliphatic carbocycles. The summed E-state index contributed by atoms with van der Waals surface area (Å²) in [6, 6.07) is 11.4. The van der Waals surface area contributed by atoms with E-state index in [1.54, 1.807) is 21.6 Å². The van der Waals surface area contributed by atoms with E-state index in [1.807, 2.05) is 43.3 Å². The Morgan fingerprint density at radius 1 is 1.22 bits per heavy atom. The van der Waals surface area contributed by atoms with Gasteiger partial charge in [0.1, 0.15) is 5.39 Å². The maximum atomic E-state index is 13.3. The topological polar surface area (TPSA) is 94.7 Å². The third-order valence-electron chi connectivity index (χ3n) is 5.72. The molecule has 4 aromatic rings. The number of nitrogens with one attached hydrogen (secondary N) is 1. The molecule has 8 nitrogen and oxygen atoms in total.